The second-order valence-corrected chi connectivity index (χ2v) is 7.07. The Morgan fingerprint density at radius 2 is 1.77 bits per heavy atom. The first-order chi connectivity index (χ1) is 14.3. The second kappa shape index (κ2) is 7.49. The summed E-state index contributed by atoms with van der Waals surface area (Å²) >= 11 is 5.87. The van der Waals surface area contributed by atoms with Crippen LogP contribution >= 0.6 is 11.6 Å². The summed E-state index contributed by atoms with van der Waals surface area (Å²) in [7, 11) is 0. The molecule has 3 aromatic rings. The Hall–Kier alpha value is -3.91. The summed E-state index contributed by atoms with van der Waals surface area (Å²) in [6, 6.07) is 12.4. The van der Waals surface area contributed by atoms with Gasteiger partial charge in [-0.3, -0.25) is 19.7 Å². The smallest absolute Gasteiger partial charge is 0.335 e. The number of benzene rings is 2. The number of carbonyl (C=O) groups is 4. The van der Waals surface area contributed by atoms with Crippen LogP contribution in [-0.2, 0) is 20.9 Å². The number of barbiturate groups is 1. The number of amides is 5. The van der Waals surface area contributed by atoms with Gasteiger partial charge in [-0.15, -0.1) is 0 Å². The van der Waals surface area contributed by atoms with Crippen LogP contribution in [0.2, 0.25) is 5.02 Å². The summed E-state index contributed by atoms with van der Waals surface area (Å²) in [5, 5.41) is 3.34. The van der Waals surface area contributed by atoms with Gasteiger partial charge in [0.2, 0.25) is 5.91 Å². The molecule has 0 bridgehead atoms. The molecule has 2 aromatic carbocycles. The van der Waals surface area contributed by atoms with Crippen molar-refractivity contribution in [2.45, 2.75) is 6.54 Å². The zero-order chi connectivity index (χ0) is 21.4. The number of carbonyl (C=O) groups excluding carboxylic acids is 4. The third-order valence-electron chi connectivity index (χ3n) is 4.63. The first-order valence-electron chi connectivity index (χ1n) is 8.88. The molecule has 1 saturated heterocycles. The van der Waals surface area contributed by atoms with Crippen LogP contribution in [0.4, 0.5) is 10.5 Å². The Kier molecular flexibility index (Phi) is 4.85. The van der Waals surface area contributed by atoms with E-state index in [1.165, 1.54) is 30.3 Å². The number of fused-ring (bicyclic) bond motifs is 1. The number of rotatable bonds is 4. The first-order valence-corrected chi connectivity index (χ1v) is 9.26. The number of hydrogen-bond donors (Lipinski definition) is 2. The van der Waals surface area contributed by atoms with E-state index in [2.05, 4.69) is 5.32 Å². The molecule has 0 atom stereocenters. The lowest BCUT2D eigenvalue weighted by molar-refractivity contribution is -0.122. The maximum Gasteiger partial charge on any atom is 0.335 e. The van der Waals surface area contributed by atoms with E-state index in [1.807, 2.05) is 0 Å². The maximum atomic E-state index is 13.0. The van der Waals surface area contributed by atoms with Crippen LogP contribution < -0.4 is 16.0 Å². The number of nitrogens with two attached hydrogens (primary N) is 1. The number of urea groups is 1. The van der Waals surface area contributed by atoms with Crippen molar-refractivity contribution < 1.29 is 19.2 Å². The average Bonchev–Trinajstić information content (AvgIpc) is 3.03. The van der Waals surface area contributed by atoms with Crippen molar-refractivity contribution in [3.63, 3.8) is 0 Å². The molecule has 0 aliphatic carbocycles. The summed E-state index contributed by atoms with van der Waals surface area (Å²) in [6.07, 6.45) is 3.03. The standard InChI is InChI=1S/C21H15ClN4O4/c22-13-5-7-14(8-6-13)26-20(29)16(19(28)24-21(26)30)9-12-10-25(11-18(23)27)17-4-2-1-3-15(12)17/h1-10H,11H2,(H2,23,27)(H,24,28,30)/b16-9+. The highest BCUT2D eigenvalue weighted by atomic mass is 35.5. The van der Waals surface area contributed by atoms with Crippen LogP contribution in [0, 0.1) is 0 Å². The first kappa shape index (κ1) is 19.4. The molecule has 1 fully saturated rings. The lowest BCUT2D eigenvalue weighted by Crippen LogP contribution is -2.54. The van der Waals surface area contributed by atoms with E-state index in [4.69, 9.17) is 17.3 Å². The molecule has 0 radical (unpaired) electrons. The normalized spacial score (nSPS) is 15.7. The lowest BCUT2D eigenvalue weighted by atomic mass is 10.1. The van der Waals surface area contributed by atoms with E-state index in [9.17, 15) is 19.2 Å². The number of primary amides is 1. The molecule has 5 amide bonds. The Labute approximate surface area is 175 Å². The fourth-order valence-electron chi connectivity index (χ4n) is 3.33. The zero-order valence-corrected chi connectivity index (χ0v) is 16.2. The van der Waals surface area contributed by atoms with Gasteiger partial charge in [0, 0.05) is 27.7 Å². The van der Waals surface area contributed by atoms with E-state index in [0.29, 0.717) is 10.6 Å². The van der Waals surface area contributed by atoms with Gasteiger partial charge in [-0.1, -0.05) is 29.8 Å². The predicted molar refractivity (Wildman–Crippen MR) is 112 cm³/mol. The summed E-state index contributed by atoms with van der Waals surface area (Å²) in [4.78, 5) is 50.0. The minimum Gasteiger partial charge on any atom is -0.368 e. The molecule has 30 heavy (non-hydrogen) atoms. The van der Waals surface area contributed by atoms with Crippen molar-refractivity contribution in [3.05, 3.63) is 70.9 Å². The number of hydrogen-bond acceptors (Lipinski definition) is 4. The van der Waals surface area contributed by atoms with Crippen LogP contribution in [0.25, 0.3) is 17.0 Å². The van der Waals surface area contributed by atoms with Gasteiger partial charge in [0.15, 0.2) is 0 Å². The Morgan fingerprint density at radius 1 is 1.07 bits per heavy atom. The molecule has 8 nitrogen and oxygen atoms in total. The molecule has 9 heteroatoms. The minimum atomic E-state index is -0.847. The van der Waals surface area contributed by atoms with E-state index in [0.717, 1.165) is 15.8 Å². The summed E-state index contributed by atoms with van der Waals surface area (Å²) in [6.45, 7) is -0.0563. The number of imide groups is 2. The van der Waals surface area contributed by atoms with E-state index in [-0.39, 0.29) is 17.8 Å². The quantitative estimate of drug-likeness (QED) is 0.496. The number of halogens is 1. The van der Waals surface area contributed by atoms with Crippen molar-refractivity contribution in [1.29, 1.82) is 0 Å². The van der Waals surface area contributed by atoms with Gasteiger partial charge in [0.25, 0.3) is 11.8 Å². The predicted octanol–water partition coefficient (Wildman–Crippen LogP) is 2.45. The number of nitrogens with one attached hydrogen (secondary N) is 1. The Bertz CT molecular complexity index is 1240. The molecule has 0 spiro atoms. The van der Waals surface area contributed by atoms with Gasteiger partial charge in [0.05, 0.1) is 5.69 Å². The third-order valence-corrected chi connectivity index (χ3v) is 4.88. The molecule has 3 N–H and O–H groups in total. The highest BCUT2D eigenvalue weighted by Crippen LogP contribution is 2.27. The molecule has 4 rings (SSSR count). The highest BCUT2D eigenvalue weighted by molar-refractivity contribution is 6.39. The molecule has 1 aromatic heterocycles. The summed E-state index contributed by atoms with van der Waals surface area (Å²) < 4.78 is 1.64. The van der Waals surface area contributed by atoms with Crippen molar-refractivity contribution >= 4 is 58.0 Å². The van der Waals surface area contributed by atoms with Crippen LogP contribution in [-0.4, -0.2) is 28.3 Å². The largest absolute Gasteiger partial charge is 0.368 e. The highest BCUT2D eigenvalue weighted by Gasteiger charge is 2.37. The molecule has 1 aliphatic rings. The number of para-hydroxylation sites is 1. The van der Waals surface area contributed by atoms with Gasteiger partial charge in [-0.05, 0) is 36.4 Å². The SMILES string of the molecule is NC(=O)Cn1cc(/C=C2\C(=O)NC(=O)N(c3ccc(Cl)cc3)C2=O)c2ccccc21. The fourth-order valence-corrected chi connectivity index (χ4v) is 3.45. The van der Waals surface area contributed by atoms with E-state index >= 15 is 0 Å². The molecular weight excluding hydrogens is 408 g/mol. The molecule has 2 heterocycles. The van der Waals surface area contributed by atoms with Crippen molar-refractivity contribution in [1.82, 2.24) is 9.88 Å². The monoisotopic (exact) mass is 422 g/mol. The van der Waals surface area contributed by atoms with Crippen LogP contribution in [0.15, 0.2) is 60.3 Å². The van der Waals surface area contributed by atoms with Crippen LogP contribution in [0.5, 0.6) is 0 Å². The van der Waals surface area contributed by atoms with Gasteiger partial charge < -0.3 is 10.3 Å². The number of aromatic nitrogens is 1. The minimum absolute atomic E-state index is 0.0563. The van der Waals surface area contributed by atoms with Crippen LogP contribution in [0.1, 0.15) is 5.56 Å². The summed E-state index contributed by atoms with van der Waals surface area (Å²) in [5.41, 5.74) is 6.63. The van der Waals surface area contributed by atoms with E-state index in [1.54, 1.807) is 35.0 Å². The van der Waals surface area contributed by atoms with E-state index < -0.39 is 23.8 Å². The Balaban J connectivity index is 1.80. The Morgan fingerprint density at radius 3 is 2.47 bits per heavy atom. The average molecular weight is 423 g/mol. The van der Waals surface area contributed by atoms with Gasteiger partial charge in [-0.25, -0.2) is 9.69 Å². The molecule has 1 aliphatic heterocycles. The number of nitrogens with zero attached hydrogens (tertiary/aromatic N) is 2. The molecule has 0 unspecified atom stereocenters. The molecule has 150 valence electrons. The molecular formula is C21H15ClN4O4. The third kappa shape index (κ3) is 3.44. The lowest BCUT2D eigenvalue weighted by Gasteiger charge is -2.26. The van der Waals surface area contributed by atoms with Gasteiger partial charge in [-0.2, -0.15) is 0 Å². The fraction of sp³-hybridized carbons (Fsp3) is 0.0476. The number of anilines is 1. The molecule has 0 saturated carbocycles. The van der Waals surface area contributed by atoms with Gasteiger partial charge >= 0.3 is 6.03 Å². The maximum absolute atomic E-state index is 13.0. The van der Waals surface area contributed by atoms with Gasteiger partial charge in [0.1, 0.15) is 12.1 Å². The van der Waals surface area contributed by atoms with Crippen LogP contribution in [0.3, 0.4) is 0 Å². The van der Waals surface area contributed by atoms with Crippen molar-refractivity contribution in [3.8, 4) is 0 Å². The topological polar surface area (TPSA) is 114 Å². The van der Waals surface area contributed by atoms with Crippen molar-refractivity contribution in [2.75, 3.05) is 4.90 Å². The second-order valence-electron chi connectivity index (χ2n) is 6.63. The summed E-state index contributed by atoms with van der Waals surface area (Å²) in [5.74, 6) is -2.10. The van der Waals surface area contributed by atoms with Crippen molar-refractivity contribution in [2.24, 2.45) is 5.73 Å². The zero-order valence-electron chi connectivity index (χ0n) is 15.5.